The molecule has 3 aliphatic carbocycles. The van der Waals surface area contributed by atoms with Crippen LogP contribution in [0.3, 0.4) is 0 Å². The molecule has 4 fully saturated rings. The van der Waals surface area contributed by atoms with Crippen LogP contribution in [0.2, 0.25) is 0 Å². The lowest BCUT2D eigenvalue weighted by atomic mass is 9.50. The molecule has 16 heavy (non-hydrogen) atoms. The molecule has 0 aromatic heterocycles. The molecule has 1 saturated heterocycles. The number of hydrogen-bond donors (Lipinski definition) is 2. The Bertz CT molecular complexity index is 264. The van der Waals surface area contributed by atoms with Crippen LogP contribution in [-0.2, 0) is 4.74 Å². The molecule has 1 heterocycles. The molecule has 3 nitrogen and oxygen atoms in total. The van der Waals surface area contributed by atoms with E-state index in [4.69, 9.17) is 4.74 Å². The molecule has 2 N–H and O–H groups in total. The van der Waals surface area contributed by atoms with Crippen LogP contribution in [0, 0.1) is 17.3 Å². The lowest BCUT2D eigenvalue weighted by molar-refractivity contribution is -0.181. The van der Waals surface area contributed by atoms with Crippen molar-refractivity contribution in [3.63, 3.8) is 0 Å². The van der Waals surface area contributed by atoms with E-state index in [2.05, 4.69) is 0 Å². The van der Waals surface area contributed by atoms with Crippen LogP contribution in [-0.4, -0.2) is 35.6 Å². The second-order valence-corrected chi connectivity index (χ2v) is 6.07. The normalized spacial score (nSPS) is 52.1. The van der Waals surface area contributed by atoms with Crippen LogP contribution in [0.4, 0.5) is 0 Å². The first-order chi connectivity index (χ1) is 7.70. The summed E-state index contributed by atoms with van der Waals surface area (Å²) in [7, 11) is 0. The van der Waals surface area contributed by atoms with Gasteiger partial charge in [0.2, 0.25) is 0 Å². The smallest absolute Gasteiger partial charge is 0.0982 e. The van der Waals surface area contributed by atoms with Crippen molar-refractivity contribution in [1.82, 2.24) is 0 Å². The fraction of sp³-hybridized carbons (Fsp3) is 1.00. The fourth-order valence-electron chi connectivity index (χ4n) is 4.46. The molecule has 0 aromatic rings. The molecule has 2 atom stereocenters. The van der Waals surface area contributed by atoms with Crippen molar-refractivity contribution in [2.24, 2.45) is 17.3 Å². The maximum Gasteiger partial charge on any atom is 0.0982 e. The Morgan fingerprint density at radius 2 is 1.94 bits per heavy atom. The maximum absolute atomic E-state index is 10.8. The fourth-order valence-corrected chi connectivity index (χ4v) is 4.46. The van der Waals surface area contributed by atoms with Gasteiger partial charge in [-0.2, -0.15) is 0 Å². The van der Waals surface area contributed by atoms with Crippen molar-refractivity contribution in [1.29, 1.82) is 0 Å². The van der Waals surface area contributed by atoms with Gasteiger partial charge >= 0.3 is 0 Å². The SMILES string of the molecule is OCC1(C2(O)CCOC2)CC2CCC1CC2. The van der Waals surface area contributed by atoms with E-state index >= 15 is 0 Å². The van der Waals surface area contributed by atoms with Gasteiger partial charge in [0.1, 0.15) is 0 Å². The van der Waals surface area contributed by atoms with Gasteiger partial charge in [-0.25, -0.2) is 0 Å². The van der Waals surface area contributed by atoms with E-state index in [1.165, 1.54) is 25.7 Å². The zero-order valence-electron chi connectivity index (χ0n) is 9.82. The van der Waals surface area contributed by atoms with Crippen LogP contribution in [0.5, 0.6) is 0 Å². The molecule has 2 bridgehead atoms. The molecule has 92 valence electrons. The lowest BCUT2D eigenvalue weighted by Crippen LogP contribution is -2.59. The van der Waals surface area contributed by atoms with Gasteiger partial charge in [-0.05, 0) is 31.1 Å². The number of ether oxygens (including phenoxy) is 1. The van der Waals surface area contributed by atoms with E-state index in [-0.39, 0.29) is 12.0 Å². The van der Waals surface area contributed by atoms with Gasteiger partial charge in [0, 0.05) is 18.4 Å². The van der Waals surface area contributed by atoms with Crippen molar-refractivity contribution in [2.75, 3.05) is 19.8 Å². The Labute approximate surface area is 96.8 Å². The second-order valence-electron chi connectivity index (χ2n) is 6.07. The van der Waals surface area contributed by atoms with Gasteiger partial charge in [0.15, 0.2) is 0 Å². The van der Waals surface area contributed by atoms with Crippen molar-refractivity contribution < 1.29 is 14.9 Å². The number of fused-ring (bicyclic) bond motifs is 3. The first kappa shape index (κ1) is 11.0. The highest BCUT2D eigenvalue weighted by atomic mass is 16.5. The van der Waals surface area contributed by atoms with Crippen LogP contribution in [0.25, 0.3) is 0 Å². The molecule has 0 aromatic carbocycles. The van der Waals surface area contributed by atoms with Gasteiger partial charge in [-0.15, -0.1) is 0 Å². The van der Waals surface area contributed by atoms with Gasteiger partial charge < -0.3 is 14.9 Å². The van der Waals surface area contributed by atoms with E-state index < -0.39 is 5.60 Å². The summed E-state index contributed by atoms with van der Waals surface area (Å²) in [5.74, 6) is 1.23. The Hall–Kier alpha value is -0.120. The average molecular weight is 226 g/mol. The first-order valence-electron chi connectivity index (χ1n) is 6.61. The first-order valence-corrected chi connectivity index (χ1v) is 6.61. The van der Waals surface area contributed by atoms with E-state index in [0.29, 0.717) is 25.6 Å². The minimum Gasteiger partial charge on any atom is -0.396 e. The minimum atomic E-state index is -0.758. The summed E-state index contributed by atoms with van der Waals surface area (Å²) in [6, 6.07) is 0. The van der Waals surface area contributed by atoms with Crippen LogP contribution in [0.15, 0.2) is 0 Å². The molecule has 0 spiro atoms. The summed E-state index contributed by atoms with van der Waals surface area (Å²) in [5, 5.41) is 20.7. The zero-order chi connectivity index (χ0) is 11.2. The minimum absolute atomic E-state index is 0.133. The monoisotopic (exact) mass is 226 g/mol. The predicted molar refractivity (Wildman–Crippen MR) is 60.0 cm³/mol. The molecule has 4 rings (SSSR count). The highest BCUT2D eigenvalue weighted by molar-refractivity contribution is 5.09. The Morgan fingerprint density at radius 1 is 1.19 bits per heavy atom. The van der Waals surface area contributed by atoms with Gasteiger partial charge in [-0.1, -0.05) is 12.8 Å². The van der Waals surface area contributed by atoms with Gasteiger partial charge in [0.25, 0.3) is 0 Å². The van der Waals surface area contributed by atoms with Crippen LogP contribution in [0.1, 0.15) is 38.5 Å². The summed E-state index contributed by atoms with van der Waals surface area (Å²) in [5.41, 5.74) is -1.02. The Kier molecular flexibility index (Phi) is 2.54. The Balaban J connectivity index is 1.93. The third kappa shape index (κ3) is 1.31. The molecule has 4 aliphatic rings. The summed E-state index contributed by atoms with van der Waals surface area (Å²) in [4.78, 5) is 0. The Morgan fingerprint density at radius 3 is 2.38 bits per heavy atom. The quantitative estimate of drug-likeness (QED) is 0.746. The molecular weight excluding hydrogens is 204 g/mol. The lowest BCUT2D eigenvalue weighted by Gasteiger charge is -2.57. The molecule has 0 amide bonds. The number of hydrogen-bond acceptors (Lipinski definition) is 3. The average Bonchev–Trinajstić information content (AvgIpc) is 2.79. The maximum atomic E-state index is 10.8. The zero-order valence-corrected chi connectivity index (χ0v) is 9.82. The predicted octanol–water partition coefficient (Wildman–Crippen LogP) is 1.33. The van der Waals surface area contributed by atoms with Gasteiger partial charge in [0.05, 0.1) is 18.8 Å². The molecular formula is C13H22O3. The highest BCUT2D eigenvalue weighted by Crippen LogP contribution is 2.58. The number of rotatable bonds is 2. The molecule has 3 saturated carbocycles. The van der Waals surface area contributed by atoms with Crippen LogP contribution < -0.4 is 0 Å². The van der Waals surface area contributed by atoms with Crippen molar-refractivity contribution in [2.45, 2.75) is 44.1 Å². The van der Waals surface area contributed by atoms with E-state index in [1.54, 1.807) is 0 Å². The van der Waals surface area contributed by atoms with Gasteiger partial charge in [-0.3, -0.25) is 0 Å². The largest absolute Gasteiger partial charge is 0.396 e. The van der Waals surface area contributed by atoms with Crippen LogP contribution >= 0.6 is 0 Å². The number of aliphatic hydroxyl groups excluding tert-OH is 1. The molecule has 3 heteroatoms. The summed E-state index contributed by atoms with van der Waals surface area (Å²) < 4.78 is 5.39. The van der Waals surface area contributed by atoms with Crippen molar-refractivity contribution in [3.8, 4) is 0 Å². The summed E-state index contributed by atoms with van der Waals surface area (Å²) in [6.45, 7) is 1.21. The van der Waals surface area contributed by atoms with E-state index in [1.807, 2.05) is 0 Å². The standard InChI is InChI=1S/C13H22O3/c14-8-12(13(15)5-6-16-9-13)7-10-1-3-11(12)4-2-10/h10-11,14-15H,1-9H2. The second kappa shape index (κ2) is 3.69. The van der Waals surface area contributed by atoms with Crippen molar-refractivity contribution >= 4 is 0 Å². The van der Waals surface area contributed by atoms with Crippen molar-refractivity contribution in [3.05, 3.63) is 0 Å². The van der Waals surface area contributed by atoms with E-state index in [0.717, 1.165) is 12.3 Å². The molecule has 0 radical (unpaired) electrons. The third-order valence-corrected chi connectivity index (χ3v) is 5.49. The highest BCUT2D eigenvalue weighted by Gasteiger charge is 2.59. The molecule has 1 aliphatic heterocycles. The number of aliphatic hydroxyl groups is 2. The van der Waals surface area contributed by atoms with E-state index in [9.17, 15) is 10.2 Å². The topological polar surface area (TPSA) is 49.7 Å². The summed E-state index contributed by atoms with van der Waals surface area (Å²) >= 11 is 0. The summed E-state index contributed by atoms with van der Waals surface area (Å²) in [6.07, 6.45) is 6.68. The third-order valence-electron chi connectivity index (χ3n) is 5.49. The molecule has 2 unspecified atom stereocenters.